The lowest BCUT2D eigenvalue weighted by molar-refractivity contribution is 0.397. The summed E-state index contributed by atoms with van der Waals surface area (Å²) in [6, 6.07) is 9.58. The van der Waals surface area contributed by atoms with Gasteiger partial charge in [-0.15, -0.1) is 0 Å². The van der Waals surface area contributed by atoms with Gasteiger partial charge in [-0.25, -0.2) is 9.97 Å². The number of rotatable bonds is 4. The van der Waals surface area contributed by atoms with Gasteiger partial charge in [0.25, 0.3) is 0 Å². The molecule has 0 saturated carbocycles. The maximum atomic E-state index is 5.97. The molecular formula is C13H14ClN3O. The molecule has 0 amide bonds. The smallest absolute Gasteiger partial charge is 0.218 e. The van der Waals surface area contributed by atoms with Gasteiger partial charge in [-0.2, -0.15) is 0 Å². The Kier molecular flexibility index (Phi) is 3.99. The summed E-state index contributed by atoms with van der Waals surface area (Å²) in [5, 5.41) is 3.99. The lowest BCUT2D eigenvalue weighted by Gasteiger charge is -2.15. The summed E-state index contributed by atoms with van der Waals surface area (Å²) in [6.07, 6.45) is 1.46. The number of ether oxygens (including phenoxy) is 1. The molecule has 1 N–H and O–H groups in total. The number of hydrogen-bond donors (Lipinski definition) is 1. The Labute approximate surface area is 111 Å². The molecular weight excluding hydrogens is 250 g/mol. The quantitative estimate of drug-likeness (QED) is 0.919. The summed E-state index contributed by atoms with van der Waals surface area (Å²) >= 11 is 5.97. The monoisotopic (exact) mass is 263 g/mol. The van der Waals surface area contributed by atoms with Crippen molar-refractivity contribution in [2.45, 2.75) is 13.0 Å². The number of hydrogen-bond acceptors (Lipinski definition) is 4. The van der Waals surface area contributed by atoms with Crippen molar-refractivity contribution in [1.82, 2.24) is 9.97 Å². The van der Waals surface area contributed by atoms with E-state index in [0.29, 0.717) is 11.7 Å². The van der Waals surface area contributed by atoms with Gasteiger partial charge in [0.15, 0.2) is 0 Å². The first-order chi connectivity index (χ1) is 8.69. The Hall–Kier alpha value is -1.81. The summed E-state index contributed by atoms with van der Waals surface area (Å²) in [7, 11) is 1.58. The molecule has 18 heavy (non-hydrogen) atoms. The van der Waals surface area contributed by atoms with Crippen LogP contribution in [-0.4, -0.2) is 17.1 Å². The summed E-state index contributed by atoms with van der Waals surface area (Å²) in [6.45, 7) is 2.04. The number of benzene rings is 1. The van der Waals surface area contributed by atoms with Crippen molar-refractivity contribution in [3.05, 3.63) is 47.2 Å². The van der Waals surface area contributed by atoms with E-state index in [-0.39, 0.29) is 6.04 Å². The van der Waals surface area contributed by atoms with Crippen molar-refractivity contribution in [2.75, 3.05) is 12.4 Å². The molecule has 0 fully saturated rings. The molecule has 0 radical (unpaired) electrons. The largest absolute Gasteiger partial charge is 0.481 e. The molecule has 0 bridgehead atoms. The SMILES string of the molecule is COc1cc(NC(C)c2cccc(Cl)c2)ncn1. The highest BCUT2D eigenvalue weighted by Crippen LogP contribution is 2.21. The van der Waals surface area contributed by atoms with Gasteiger partial charge in [0.1, 0.15) is 12.1 Å². The van der Waals surface area contributed by atoms with Crippen molar-refractivity contribution < 1.29 is 4.74 Å². The minimum Gasteiger partial charge on any atom is -0.481 e. The molecule has 0 aliphatic carbocycles. The fourth-order valence-electron chi connectivity index (χ4n) is 1.61. The maximum Gasteiger partial charge on any atom is 0.218 e. The second-order valence-corrected chi connectivity index (χ2v) is 4.30. The molecule has 1 aromatic heterocycles. The molecule has 1 heterocycles. The number of nitrogens with zero attached hydrogens (tertiary/aromatic N) is 2. The minimum absolute atomic E-state index is 0.100. The van der Waals surface area contributed by atoms with E-state index in [1.807, 2.05) is 31.2 Å². The van der Waals surface area contributed by atoms with Crippen LogP contribution in [0.25, 0.3) is 0 Å². The van der Waals surface area contributed by atoms with E-state index in [9.17, 15) is 0 Å². The second-order valence-electron chi connectivity index (χ2n) is 3.87. The molecule has 1 atom stereocenters. The number of methoxy groups -OCH3 is 1. The highest BCUT2D eigenvalue weighted by molar-refractivity contribution is 6.30. The molecule has 2 aromatic rings. The number of anilines is 1. The number of aromatic nitrogens is 2. The molecule has 2 rings (SSSR count). The molecule has 1 aromatic carbocycles. The average molecular weight is 264 g/mol. The first-order valence-corrected chi connectivity index (χ1v) is 5.95. The van der Waals surface area contributed by atoms with Gasteiger partial charge in [-0.3, -0.25) is 0 Å². The molecule has 0 saturated heterocycles. The summed E-state index contributed by atoms with van der Waals surface area (Å²) in [5.74, 6) is 1.25. The second kappa shape index (κ2) is 5.69. The standard InChI is InChI=1S/C13H14ClN3O/c1-9(10-4-3-5-11(14)6-10)17-12-7-13(18-2)16-8-15-12/h3-9H,1-2H3,(H,15,16,17). The zero-order valence-corrected chi connectivity index (χ0v) is 11.0. The van der Waals surface area contributed by atoms with Gasteiger partial charge in [-0.05, 0) is 24.6 Å². The van der Waals surface area contributed by atoms with Gasteiger partial charge < -0.3 is 10.1 Å². The fourth-order valence-corrected chi connectivity index (χ4v) is 1.81. The maximum absolute atomic E-state index is 5.97. The topological polar surface area (TPSA) is 47.0 Å². The summed E-state index contributed by atoms with van der Waals surface area (Å²) in [4.78, 5) is 8.10. The van der Waals surface area contributed by atoms with Crippen LogP contribution in [0, 0.1) is 0 Å². The average Bonchev–Trinajstić information content (AvgIpc) is 2.39. The zero-order valence-electron chi connectivity index (χ0n) is 10.2. The van der Waals surface area contributed by atoms with E-state index in [4.69, 9.17) is 16.3 Å². The Morgan fingerprint density at radius 3 is 2.83 bits per heavy atom. The Morgan fingerprint density at radius 1 is 1.28 bits per heavy atom. The lowest BCUT2D eigenvalue weighted by Crippen LogP contribution is -2.08. The highest BCUT2D eigenvalue weighted by atomic mass is 35.5. The van der Waals surface area contributed by atoms with Crippen LogP contribution in [0.3, 0.4) is 0 Å². The van der Waals surface area contributed by atoms with Crippen LogP contribution < -0.4 is 10.1 Å². The van der Waals surface area contributed by atoms with Crippen LogP contribution >= 0.6 is 11.6 Å². The van der Waals surface area contributed by atoms with Gasteiger partial charge in [0.05, 0.1) is 7.11 Å². The third-order valence-corrected chi connectivity index (χ3v) is 2.80. The van der Waals surface area contributed by atoms with Crippen molar-refractivity contribution in [2.24, 2.45) is 0 Å². The number of halogens is 1. The highest BCUT2D eigenvalue weighted by Gasteiger charge is 2.07. The van der Waals surface area contributed by atoms with Gasteiger partial charge in [0, 0.05) is 17.1 Å². The van der Waals surface area contributed by atoms with E-state index in [1.54, 1.807) is 13.2 Å². The van der Waals surface area contributed by atoms with Crippen molar-refractivity contribution >= 4 is 17.4 Å². The lowest BCUT2D eigenvalue weighted by atomic mass is 10.1. The van der Waals surface area contributed by atoms with E-state index >= 15 is 0 Å². The Morgan fingerprint density at radius 2 is 2.11 bits per heavy atom. The minimum atomic E-state index is 0.100. The summed E-state index contributed by atoms with van der Waals surface area (Å²) < 4.78 is 5.05. The van der Waals surface area contributed by atoms with Crippen LogP contribution in [0.2, 0.25) is 5.02 Å². The van der Waals surface area contributed by atoms with Crippen LogP contribution in [0.4, 0.5) is 5.82 Å². The molecule has 4 nitrogen and oxygen atoms in total. The zero-order chi connectivity index (χ0) is 13.0. The van der Waals surface area contributed by atoms with Gasteiger partial charge in [-0.1, -0.05) is 23.7 Å². The molecule has 5 heteroatoms. The molecule has 0 aliphatic rings. The molecule has 94 valence electrons. The van der Waals surface area contributed by atoms with E-state index in [1.165, 1.54) is 6.33 Å². The first kappa shape index (κ1) is 12.6. The predicted molar refractivity (Wildman–Crippen MR) is 72.1 cm³/mol. The van der Waals surface area contributed by atoms with Crippen LogP contribution in [0.1, 0.15) is 18.5 Å². The van der Waals surface area contributed by atoms with Crippen LogP contribution in [-0.2, 0) is 0 Å². The third kappa shape index (κ3) is 3.11. The first-order valence-electron chi connectivity index (χ1n) is 5.57. The molecule has 0 spiro atoms. The Bertz CT molecular complexity index is 533. The third-order valence-electron chi connectivity index (χ3n) is 2.56. The number of nitrogens with one attached hydrogen (secondary N) is 1. The van der Waals surface area contributed by atoms with Crippen LogP contribution in [0.15, 0.2) is 36.7 Å². The molecule has 0 aliphatic heterocycles. The van der Waals surface area contributed by atoms with Crippen molar-refractivity contribution in [1.29, 1.82) is 0 Å². The van der Waals surface area contributed by atoms with Crippen LogP contribution in [0.5, 0.6) is 5.88 Å². The van der Waals surface area contributed by atoms with E-state index < -0.39 is 0 Å². The van der Waals surface area contributed by atoms with E-state index in [0.717, 1.165) is 10.6 Å². The Balaban J connectivity index is 2.13. The normalized spacial score (nSPS) is 11.9. The summed E-state index contributed by atoms with van der Waals surface area (Å²) in [5.41, 5.74) is 1.10. The van der Waals surface area contributed by atoms with Crippen molar-refractivity contribution in [3.63, 3.8) is 0 Å². The molecule has 1 unspecified atom stereocenters. The predicted octanol–water partition coefficient (Wildman–Crippen LogP) is 3.31. The van der Waals surface area contributed by atoms with E-state index in [2.05, 4.69) is 15.3 Å². The van der Waals surface area contributed by atoms with Crippen molar-refractivity contribution in [3.8, 4) is 5.88 Å². The van der Waals surface area contributed by atoms with Gasteiger partial charge >= 0.3 is 0 Å². The van der Waals surface area contributed by atoms with Gasteiger partial charge in [0.2, 0.25) is 5.88 Å². The fraction of sp³-hybridized carbons (Fsp3) is 0.231.